The molecule has 32 heavy (non-hydrogen) atoms. The molecule has 1 saturated heterocycles. The minimum absolute atomic E-state index is 0.0556. The van der Waals surface area contributed by atoms with Gasteiger partial charge in [-0.25, -0.2) is 18.2 Å². The number of nitrogens with one attached hydrogen (secondary N) is 1. The van der Waals surface area contributed by atoms with Crippen molar-refractivity contribution in [2.45, 2.75) is 31.6 Å². The number of hydrogen-bond acceptors (Lipinski definition) is 8. The first kappa shape index (κ1) is 21.8. The summed E-state index contributed by atoms with van der Waals surface area (Å²) < 4.78 is 32.0. The van der Waals surface area contributed by atoms with E-state index >= 15 is 0 Å². The molecule has 0 unspecified atom stereocenters. The largest absolute Gasteiger partial charge is 0.459 e. The number of nitrogens with zero attached hydrogens (tertiary/aromatic N) is 3. The van der Waals surface area contributed by atoms with Crippen molar-refractivity contribution in [2.24, 2.45) is 5.92 Å². The average Bonchev–Trinajstić information content (AvgIpc) is 3.50. The third kappa shape index (κ3) is 4.89. The molecule has 2 heterocycles. The Hall–Kier alpha value is -3.45. The highest BCUT2D eigenvalue weighted by Crippen LogP contribution is 2.30. The highest BCUT2D eigenvalue weighted by molar-refractivity contribution is 7.89. The Kier molecular flexibility index (Phi) is 5.84. The zero-order valence-corrected chi connectivity index (χ0v) is 18.3. The van der Waals surface area contributed by atoms with Crippen LogP contribution in [0.1, 0.15) is 40.0 Å². The van der Waals surface area contributed by atoms with Crippen LogP contribution in [0.25, 0.3) is 0 Å². The third-order valence-corrected chi connectivity index (χ3v) is 6.56. The molecule has 0 atom stereocenters. The first-order chi connectivity index (χ1) is 15.3. The average molecular weight is 455 g/mol. The minimum atomic E-state index is -3.81. The third-order valence-electron chi connectivity index (χ3n) is 5.34. The second-order valence-electron chi connectivity index (χ2n) is 8.02. The summed E-state index contributed by atoms with van der Waals surface area (Å²) in [7, 11) is -3.81. The lowest BCUT2D eigenvalue weighted by Gasteiger charge is -2.39. The smallest absolute Gasteiger partial charge is 0.340 e. The predicted octanol–water partition coefficient (Wildman–Crippen LogP) is 1.66. The number of amides is 1. The lowest BCUT2D eigenvalue weighted by atomic mass is 9.98. The Morgan fingerprint density at radius 1 is 1.25 bits per heavy atom. The van der Waals surface area contributed by atoms with Crippen LogP contribution in [0.2, 0.25) is 0 Å². The molecule has 2 fully saturated rings. The molecule has 0 spiro atoms. The first-order valence-corrected chi connectivity index (χ1v) is 11.9. The fourth-order valence-corrected chi connectivity index (χ4v) is 4.58. The summed E-state index contributed by atoms with van der Waals surface area (Å²) in [5, 5.41) is 9.52. The van der Waals surface area contributed by atoms with Gasteiger partial charge in [0.05, 0.1) is 28.5 Å². The molecule has 1 aromatic carbocycles. The van der Waals surface area contributed by atoms with Crippen molar-refractivity contribution in [1.82, 2.24) is 9.71 Å². The van der Waals surface area contributed by atoms with Crippen LogP contribution in [-0.2, 0) is 25.3 Å². The SMILES string of the molecule is Cc1nc(N2CC(C(=O)NS(=O)(=O)Cc3ccccc3)C2)c(C#N)cc1C(=O)OC1CC1. The highest BCUT2D eigenvalue weighted by Gasteiger charge is 2.37. The van der Waals surface area contributed by atoms with Gasteiger partial charge in [-0.2, -0.15) is 5.26 Å². The van der Waals surface area contributed by atoms with Gasteiger partial charge in [-0.3, -0.25) is 9.52 Å². The summed E-state index contributed by atoms with van der Waals surface area (Å²) in [4.78, 5) is 30.8. The second-order valence-corrected chi connectivity index (χ2v) is 9.74. The van der Waals surface area contributed by atoms with Gasteiger partial charge in [-0.05, 0) is 31.4 Å². The summed E-state index contributed by atoms with van der Waals surface area (Å²) >= 11 is 0. The number of pyridine rings is 1. The number of nitriles is 1. The van der Waals surface area contributed by atoms with Gasteiger partial charge in [0.1, 0.15) is 18.0 Å². The number of carbonyl (C=O) groups excluding carboxylic acids is 2. The summed E-state index contributed by atoms with van der Waals surface area (Å²) in [6, 6.07) is 12.1. The summed E-state index contributed by atoms with van der Waals surface area (Å²) in [5.74, 6) is -1.55. The molecular weight excluding hydrogens is 432 g/mol. The van der Waals surface area contributed by atoms with Crippen LogP contribution in [0.5, 0.6) is 0 Å². The van der Waals surface area contributed by atoms with E-state index in [9.17, 15) is 23.3 Å². The van der Waals surface area contributed by atoms with Gasteiger partial charge in [-0.15, -0.1) is 0 Å². The van der Waals surface area contributed by atoms with Gasteiger partial charge in [0.15, 0.2) is 0 Å². The number of aromatic nitrogens is 1. The fraction of sp³-hybridized carbons (Fsp3) is 0.364. The van der Waals surface area contributed by atoms with Gasteiger partial charge in [0.25, 0.3) is 0 Å². The van der Waals surface area contributed by atoms with Crippen LogP contribution in [0.4, 0.5) is 5.82 Å². The monoisotopic (exact) mass is 454 g/mol. The molecule has 2 aliphatic rings. The van der Waals surface area contributed by atoms with Crippen molar-refractivity contribution in [1.29, 1.82) is 5.26 Å². The van der Waals surface area contributed by atoms with E-state index in [-0.39, 0.29) is 36.1 Å². The molecule has 10 heteroatoms. The number of sulfonamides is 1. The summed E-state index contributed by atoms with van der Waals surface area (Å²) in [6.45, 7) is 2.10. The van der Waals surface area contributed by atoms with E-state index in [1.807, 2.05) is 6.07 Å². The van der Waals surface area contributed by atoms with Crippen LogP contribution in [0.15, 0.2) is 36.4 Å². The quantitative estimate of drug-likeness (QED) is 0.626. The van der Waals surface area contributed by atoms with Crippen LogP contribution < -0.4 is 9.62 Å². The zero-order chi connectivity index (χ0) is 22.9. The lowest BCUT2D eigenvalue weighted by molar-refractivity contribution is -0.123. The molecule has 1 N–H and O–H groups in total. The standard InChI is InChI=1S/C22H22N4O5S/c1-14-19(22(28)31-18-7-8-18)9-16(10-23)20(24-14)26-11-17(12-26)21(27)25-32(29,30)13-15-5-3-2-4-6-15/h2-6,9,17-18H,7-8,11-13H2,1H3,(H,25,27). The fourth-order valence-electron chi connectivity index (χ4n) is 3.41. The second kappa shape index (κ2) is 8.59. The van der Waals surface area contributed by atoms with Crippen LogP contribution in [0, 0.1) is 24.2 Å². The van der Waals surface area contributed by atoms with E-state index in [1.54, 1.807) is 42.2 Å². The van der Waals surface area contributed by atoms with E-state index in [1.165, 1.54) is 6.07 Å². The molecule has 9 nitrogen and oxygen atoms in total. The van der Waals surface area contributed by atoms with Crippen molar-refractivity contribution in [3.8, 4) is 6.07 Å². The van der Waals surface area contributed by atoms with Gasteiger partial charge in [0, 0.05) is 13.1 Å². The topological polar surface area (TPSA) is 129 Å². The number of carbonyl (C=O) groups is 2. The van der Waals surface area contributed by atoms with E-state index in [2.05, 4.69) is 9.71 Å². The zero-order valence-electron chi connectivity index (χ0n) is 17.4. The molecule has 166 valence electrons. The van der Waals surface area contributed by atoms with Crippen molar-refractivity contribution in [2.75, 3.05) is 18.0 Å². The Labute approximate surface area is 186 Å². The maximum atomic E-state index is 12.4. The van der Waals surface area contributed by atoms with Crippen LogP contribution >= 0.6 is 0 Å². The number of anilines is 1. The Bertz CT molecular complexity index is 1200. The Balaban J connectivity index is 1.39. The van der Waals surface area contributed by atoms with Crippen molar-refractivity contribution in [3.05, 3.63) is 58.8 Å². The number of esters is 1. The van der Waals surface area contributed by atoms with Crippen LogP contribution in [-0.4, -0.2) is 44.5 Å². The molecular formula is C22H22N4O5S. The van der Waals surface area contributed by atoms with Crippen molar-refractivity contribution in [3.63, 3.8) is 0 Å². The molecule has 1 aromatic heterocycles. The summed E-state index contributed by atoms with van der Waals surface area (Å²) in [6.07, 6.45) is 1.64. The first-order valence-electron chi connectivity index (χ1n) is 10.2. The summed E-state index contributed by atoms with van der Waals surface area (Å²) in [5.41, 5.74) is 1.47. The molecule has 2 aromatic rings. The van der Waals surface area contributed by atoms with Crippen molar-refractivity contribution < 1.29 is 22.7 Å². The number of benzene rings is 1. The Morgan fingerprint density at radius 2 is 1.94 bits per heavy atom. The number of aryl methyl sites for hydroxylation is 1. The van der Waals surface area contributed by atoms with E-state index in [4.69, 9.17) is 4.74 Å². The predicted molar refractivity (Wildman–Crippen MR) is 115 cm³/mol. The van der Waals surface area contributed by atoms with E-state index in [0.717, 1.165) is 12.8 Å². The number of ether oxygens (including phenoxy) is 1. The van der Waals surface area contributed by atoms with E-state index in [0.29, 0.717) is 17.1 Å². The maximum absolute atomic E-state index is 12.4. The highest BCUT2D eigenvalue weighted by atomic mass is 32.2. The van der Waals surface area contributed by atoms with Gasteiger partial charge in [0.2, 0.25) is 15.9 Å². The van der Waals surface area contributed by atoms with Gasteiger partial charge in [-0.1, -0.05) is 30.3 Å². The number of rotatable bonds is 7. The molecule has 4 rings (SSSR count). The molecule has 1 aliphatic carbocycles. The molecule has 1 amide bonds. The Morgan fingerprint density at radius 3 is 2.56 bits per heavy atom. The van der Waals surface area contributed by atoms with Crippen molar-refractivity contribution >= 4 is 27.7 Å². The van der Waals surface area contributed by atoms with Crippen LogP contribution in [0.3, 0.4) is 0 Å². The maximum Gasteiger partial charge on any atom is 0.340 e. The normalized spacial score (nSPS) is 16.1. The van der Waals surface area contributed by atoms with E-state index < -0.39 is 27.8 Å². The lowest BCUT2D eigenvalue weighted by Crippen LogP contribution is -2.55. The molecule has 0 radical (unpaired) electrons. The number of hydrogen-bond donors (Lipinski definition) is 1. The molecule has 0 bridgehead atoms. The minimum Gasteiger partial charge on any atom is -0.459 e. The van der Waals surface area contributed by atoms with Gasteiger partial charge < -0.3 is 9.64 Å². The van der Waals surface area contributed by atoms with Gasteiger partial charge >= 0.3 is 5.97 Å². The molecule has 1 aliphatic heterocycles. The molecule has 1 saturated carbocycles.